The van der Waals surface area contributed by atoms with Crippen molar-refractivity contribution in [2.75, 3.05) is 10.6 Å². The highest BCUT2D eigenvalue weighted by molar-refractivity contribution is 7.13. The van der Waals surface area contributed by atoms with Crippen LogP contribution in [-0.2, 0) is 4.79 Å². The largest absolute Gasteiger partial charge is 0.508 e. The molecule has 0 aliphatic carbocycles. The van der Waals surface area contributed by atoms with E-state index in [2.05, 4.69) is 20.6 Å². The maximum atomic E-state index is 13.3. The predicted molar refractivity (Wildman–Crippen MR) is 119 cm³/mol. The molecule has 0 radical (unpaired) electrons. The summed E-state index contributed by atoms with van der Waals surface area (Å²) < 4.78 is 1.68. The monoisotopic (exact) mass is 430 g/mol. The van der Waals surface area contributed by atoms with Gasteiger partial charge in [0.05, 0.1) is 10.5 Å². The number of nitrogens with zero attached hydrogens (tertiary/aromatic N) is 4. The van der Waals surface area contributed by atoms with Crippen molar-refractivity contribution in [3.8, 4) is 16.5 Å². The highest BCUT2D eigenvalue weighted by atomic mass is 32.1. The SMILES string of the molecule is CC1=C(C(=O)Nc2ccccn2)C(c2cccc(O)c2)n2nc(-c3cccs3)nc2N1. The van der Waals surface area contributed by atoms with Crippen molar-refractivity contribution in [2.24, 2.45) is 0 Å². The summed E-state index contributed by atoms with van der Waals surface area (Å²) in [6.45, 7) is 1.83. The lowest BCUT2D eigenvalue weighted by Crippen LogP contribution is -2.31. The van der Waals surface area contributed by atoms with E-state index in [1.807, 2.05) is 30.5 Å². The Morgan fingerprint density at radius 3 is 2.84 bits per heavy atom. The number of rotatable bonds is 4. The number of fused-ring (bicyclic) bond motifs is 1. The van der Waals surface area contributed by atoms with Gasteiger partial charge < -0.3 is 15.7 Å². The molecule has 0 saturated heterocycles. The van der Waals surface area contributed by atoms with Crippen molar-refractivity contribution in [3.05, 3.63) is 83.0 Å². The molecule has 0 spiro atoms. The first kappa shape index (κ1) is 19.0. The van der Waals surface area contributed by atoms with E-state index in [9.17, 15) is 9.90 Å². The molecule has 0 saturated carbocycles. The second-order valence-electron chi connectivity index (χ2n) is 7.01. The van der Waals surface area contributed by atoms with Crippen LogP contribution in [0.5, 0.6) is 5.75 Å². The quantitative estimate of drug-likeness (QED) is 0.451. The van der Waals surface area contributed by atoms with Gasteiger partial charge in [-0.25, -0.2) is 9.67 Å². The van der Waals surface area contributed by atoms with Gasteiger partial charge in [-0.1, -0.05) is 24.3 Å². The normalized spacial score (nSPS) is 15.3. The molecule has 1 aliphatic heterocycles. The Labute approximate surface area is 181 Å². The molecular formula is C22H18N6O2S. The zero-order valence-electron chi connectivity index (χ0n) is 16.5. The van der Waals surface area contributed by atoms with Crippen LogP contribution in [0.2, 0.25) is 0 Å². The van der Waals surface area contributed by atoms with Crippen LogP contribution in [0.4, 0.5) is 11.8 Å². The number of amides is 1. The fourth-order valence-corrected chi connectivity index (χ4v) is 4.23. The fourth-order valence-electron chi connectivity index (χ4n) is 3.58. The summed E-state index contributed by atoms with van der Waals surface area (Å²) in [6, 6.07) is 15.4. The summed E-state index contributed by atoms with van der Waals surface area (Å²) in [6.07, 6.45) is 1.62. The molecule has 1 unspecified atom stereocenters. The average Bonchev–Trinajstić information content (AvgIpc) is 3.43. The Bertz CT molecular complexity index is 1280. The lowest BCUT2D eigenvalue weighted by atomic mass is 9.95. The highest BCUT2D eigenvalue weighted by Crippen LogP contribution is 2.38. The summed E-state index contributed by atoms with van der Waals surface area (Å²) in [7, 11) is 0. The van der Waals surface area contributed by atoms with E-state index < -0.39 is 6.04 Å². The van der Waals surface area contributed by atoms with Gasteiger partial charge in [0.2, 0.25) is 5.95 Å². The standard InChI is InChI=1S/C22H18N6O2S/c1-13-18(21(30)25-17-9-2-3-10-23-17)19(14-6-4-7-15(29)12-14)28-22(24-13)26-20(27-28)16-8-5-11-31-16/h2-12,19,29H,1H3,(H,23,25,30)(H,24,26,27). The smallest absolute Gasteiger partial charge is 0.257 e. The van der Waals surface area contributed by atoms with Gasteiger partial charge in [0, 0.05) is 11.9 Å². The number of carbonyl (C=O) groups is 1. The lowest BCUT2D eigenvalue weighted by molar-refractivity contribution is -0.113. The van der Waals surface area contributed by atoms with E-state index in [0.717, 1.165) is 10.4 Å². The molecule has 0 bridgehead atoms. The van der Waals surface area contributed by atoms with Crippen molar-refractivity contribution in [3.63, 3.8) is 0 Å². The van der Waals surface area contributed by atoms with Gasteiger partial charge in [-0.05, 0) is 48.2 Å². The van der Waals surface area contributed by atoms with Crippen molar-refractivity contribution in [1.29, 1.82) is 0 Å². The predicted octanol–water partition coefficient (Wildman–Crippen LogP) is 4.03. The van der Waals surface area contributed by atoms with Crippen molar-refractivity contribution in [2.45, 2.75) is 13.0 Å². The van der Waals surface area contributed by atoms with E-state index in [4.69, 9.17) is 5.10 Å². The van der Waals surface area contributed by atoms with Crippen LogP contribution in [0.15, 0.2) is 77.4 Å². The highest BCUT2D eigenvalue weighted by Gasteiger charge is 2.34. The first-order valence-electron chi connectivity index (χ1n) is 9.59. The summed E-state index contributed by atoms with van der Waals surface area (Å²) in [5.41, 5.74) is 1.83. The van der Waals surface area contributed by atoms with Crippen molar-refractivity contribution in [1.82, 2.24) is 19.7 Å². The summed E-state index contributed by atoms with van der Waals surface area (Å²) in [4.78, 5) is 23.1. The molecule has 0 fully saturated rings. The minimum atomic E-state index is -0.576. The summed E-state index contributed by atoms with van der Waals surface area (Å²) >= 11 is 1.54. The number of nitrogens with one attached hydrogen (secondary N) is 2. The van der Waals surface area contributed by atoms with E-state index in [1.54, 1.807) is 58.6 Å². The van der Waals surface area contributed by atoms with Gasteiger partial charge in [-0.3, -0.25) is 4.79 Å². The molecule has 3 aromatic heterocycles. The Balaban J connectivity index is 1.62. The molecule has 3 N–H and O–H groups in total. The van der Waals surface area contributed by atoms with Gasteiger partial charge in [0.1, 0.15) is 17.6 Å². The topological polar surface area (TPSA) is 105 Å². The Morgan fingerprint density at radius 1 is 1.19 bits per heavy atom. The number of thiophene rings is 1. The summed E-state index contributed by atoms with van der Waals surface area (Å²) in [5.74, 6) is 1.35. The number of phenols is 1. The van der Waals surface area contributed by atoms with Crippen LogP contribution < -0.4 is 10.6 Å². The minimum absolute atomic E-state index is 0.110. The third kappa shape index (κ3) is 3.55. The molecule has 8 nitrogen and oxygen atoms in total. The van der Waals surface area contributed by atoms with Crippen LogP contribution >= 0.6 is 11.3 Å². The Hall–Kier alpha value is -3.98. The van der Waals surface area contributed by atoms with Crippen molar-refractivity contribution >= 4 is 29.0 Å². The minimum Gasteiger partial charge on any atom is -0.508 e. The third-order valence-electron chi connectivity index (χ3n) is 4.93. The van der Waals surface area contributed by atoms with Gasteiger partial charge in [-0.15, -0.1) is 16.4 Å². The molecular weight excluding hydrogens is 412 g/mol. The van der Waals surface area contributed by atoms with Gasteiger partial charge >= 0.3 is 0 Å². The zero-order chi connectivity index (χ0) is 21.4. The number of allylic oxidation sites excluding steroid dienone is 1. The lowest BCUT2D eigenvalue weighted by Gasteiger charge is -2.28. The van der Waals surface area contributed by atoms with Gasteiger partial charge in [0.15, 0.2) is 5.82 Å². The second kappa shape index (κ2) is 7.69. The second-order valence-corrected chi connectivity index (χ2v) is 7.96. The number of pyridine rings is 1. The molecule has 1 aliphatic rings. The zero-order valence-corrected chi connectivity index (χ0v) is 17.3. The van der Waals surface area contributed by atoms with Crippen LogP contribution in [0.3, 0.4) is 0 Å². The molecule has 4 heterocycles. The number of anilines is 2. The van der Waals surface area contributed by atoms with E-state index in [1.165, 1.54) is 0 Å². The first-order valence-corrected chi connectivity index (χ1v) is 10.5. The molecule has 1 atom stereocenters. The molecule has 31 heavy (non-hydrogen) atoms. The van der Waals surface area contributed by atoms with E-state index >= 15 is 0 Å². The van der Waals surface area contributed by atoms with Crippen molar-refractivity contribution < 1.29 is 9.90 Å². The molecule has 1 amide bonds. The number of aromatic hydroxyl groups is 1. The number of phenolic OH excluding ortho intramolecular Hbond substituents is 1. The van der Waals surface area contributed by atoms with E-state index in [-0.39, 0.29) is 11.7 Å². The molecule has 154 valence electrons. The van der Waals surface area contributed by atoms with Gasteiger partial charge in [-0.2, -0.15) is 4.98 Å². The summed E-state index contributed by atoms with van der Waals surface area (Å²) in [5, 5.41) is 22.8. The molecule has 4 aromatic rings. The van der Waals surface area contributed by atoms with Crippen LogP contribution in [-0.4, -0.2) is 30.8 Å². The van der Waals surface area contributed by atoms with Gasteiger partial charge in [0.25, 0.3) is 5.91 Å². The maximum Gasteiger partial charge on any atom is 0.257 e. The number of benzene rings is 1. The Kier molecular flexibility index (Phi) is 4.72. The number of aromatic nitrogens is 4. The maximum absolute atomic E-state index is 13.3. The fraction of sp³-hybridized carbons (Fsp3) is 0.0909. The van der Waals surface area contributed by atoms with Crippen LogP contribution in [0.1, 0.15) is 18.5 Å². The van der Waals surface area contributed by atoms with Crippen LogP contribution in [0, 0.1) is 0 Å². The molecule has 9 heteroatoms. The third-order valence-corrected chi connectivity index (χ3v) is 5.80. The van der Waals surface area contributed by atoms with E-state index in [0.29, 0.717) is 28.9 Å². The number of hydrogen-bond acceptors (Lipinski definition) is 7. The van der Waals surface area contributed by atoms with Crippen LogP contribution in [0.25, 0.3) is 10.7 Å². The number of carbonyl (C=O) groups excluding carboxylic acids is 1. The first-order chi connectivity index (χ1) is 15.1. The average molecular weight is 430 g/mol. The molecule has 5 rings (SSSR count). The Morgan fingerprint density at radius 2 is 2.10 bits per heavy atom. The molecule has 1 aromatic carbocycles. The number of hydrogen-bond donors (Lipinski definition) is 3.